The first-order chi connectivity index (χ1) is 9.06. The van der Waals surface area contributed by atoms with Gasteiger partial charge in [0.25, 0.3) is 5.56 Å². The maximum absolute atomic E-state index is 11.3. The van der Waals surface area contributed by atoms with Crippen LogP contribution < -0.4 is 11.3 Å². The Kier molecular flexibility index (Phi) is 4.01. The number of aryl methyl sites for hydroxylation is 1. The van der Waals surface area contributed by atoms with E-state index in [2.05, 4.69) is 9.97 Å². The molecule has 4 N–H and O–H groups in total. The highest BCUT2D eigenvalue weighted by atomic mass is 32.2. The smallest absolute Gasteiger partial charge is 0.251 e. The molecule has 98 valence electrons. The fourth-order valence-electron chi connectivity index (χ4n) is 1.67. The number of nitrogens with one attached hydrogen (secondary N) is 2. The Bertz CT molecular complexity index is 666. The Balaban J connectivity index is 2.19. The van der Waals surface area contributed by atoms with Gasteiger partial charge in [0, 0.05) is 23.1 Å². The second-order valence-electron chi connectivity index (χ2n) is 4.05. The van der Waals surface area contributed by atoms with Crippen LogP contribution in [0.5, 0.6) is 0 Å². The van der Waals surface area contributed by atoms with Crippen LogP contribution in [0, 0.1) is 12.3 Å². The van der Waals surface area contributed by atoms with E-state index in [0.29, 0.717) is 22.2 Å². The van der Waals surface area contributed by atoms with Crippen molar-refractivity contribution in [2.45, 2.75) is 17.8 Å². The lowest BCUT2D eigenvalue weighted by Crippen LogP contribution is -2.13. The van der Waals surface area contributed by atoms with Crippen LogP contribution in [0.1, 0.15) is 16.8 Å². The Morgan fingerprint density at radius 1 is 1.47 bits per heavy atom. The number of hydrogen-bond acceptors (Lipinski definition) is 4. The summed E-state index contributed by atoms with van der Waals surface area (Å²) in [4.78, 5) is 18.3. The van der Waals surface area contributed by atoms with Crippen molar-refractivity contribution in [3.63, 3.8) is 0 Å². The SMILES string of the molecule is Cc1cc(=O)[nH]c(SCc2ccccc2C(=N)N)n1. The van der Waals surface area contributed by atoms with Crippen LogP contribution in [0.3, 0.4) is 0 Å². The number of nitrogen functional groups attached to an aromatic ring is 1. The highest BCUT2D eigenvalue weighted by Crippen LogP contribution is 2.20. The molecule has 2 aromatic rings. The van der Waals surface area contributed by atoms with Crippen LogP contribution in [0.15, 0.2) is 40.3 Å². The lowest BCUT2D eigenvalue weighted by Gasteiger charge is -2.07. The number of H-pyrrole nitrogens is 1. The number of benzene rings is 1. The average Bonchev–Trinajstić information content (AvgIpc) is 2.35. The summed E-state index contributed by atoms with van der Waals surface area (Å²) in [5, 5.41) is 8.10. The number of thioether (sulfide) groups is 1. The predicted molar refractivity (Wildman–Crippen MR) is 76.6 cm³/mol. The normalized spacial score (nSPS) is 10.4. The van der Waals surface area contributed by atoms with Crippen LogP contribution in [0.25, 0.3) is 0 Å². The molecule has 1 aromatic heterocycles. The molecule has 0 unspecified atom stereocenters. The number of rotatable bonds is 4. The molecule has 2 rings (SSSR count). The molecule has 6 heteroatoms. The maximum Gasteiger partial charge on any atom is 0.251 e. The molecule has 0 fully saturated rings. The predicted octanol–water partition coefficient (Wildman–Crippen LogP) is 1.65. The number of amidine groups is 1. The molecule has 0 saturated heterocycles. The third-order valence-corrected chi connectivity index (χ3v) is 3.44. The molecule has 1 aromatic carbocycles. The molecule has 0 amide bonds. The molecule has 1 heterocycles. The number of nitrogens with zero attached hydrogens (tertiary/aromatic N) is 1. The van der Waals surface area contributed by atoms with E-state index >= 15 is 0 Å². The molecule has 5 nitrogen and oxygen atoms in total. The second-order valence-corrected chi connectivity index (χ2v) is 5.02. The third kappa shape index (κ3) is 3.45. The minimum absolute atomic E-state index is 0.0434. The summed E-state index contributed by atoms with van der Waals surface area (Å²) in [5.41, 5.74) is 7.72. The summed E-state index contributed by atoms with van der Waals surface area (Å²) < 4.78 is 0. The van der Waals surface area contributed by atoms with Gasteiger partial charge in [0.2, 0.25) is 0 Å². The van der Waals surface area contributed by atoms with Gasteiger partial charge in [0.15, 0.2) is 5.16 Å². The third-order valence-electron chi connectivity index (χ3n) is 2.52. The molecule has 0 radical (unpaired) electrons. The van der Waals surface area contributed by atoms with Gasteiger partial charge in [0.1, 0.15) is 5.84 Å². The van der Waals surface area contributed by atoms with Gasteiger partial charge in [-0.1, -0.05) is 36.0 Å². The largest absolute Gasteiger partial charge is 0.384 e. The first-order valence-corrected chi connectivity index (χ1v) is 6.68. The van der Waals surface area contributed by atoms with Crippen molar-refractivity contribution < 1.29 is 0 Å². The van der Waals surface area contributed by atoms with Gasteiger partial charge in [-0.25, -0.2) is 4.98 Å². The average molecular weight is 274 g/mol. The lowest BCUT2D eigenvalue weighted by molar-refractivity contribution is 0.905. The van der Waals surface area contributed by atoms with Crippen molar-refractivity contribution in [2.24, 2.45) is 5.73 Å². The molecule has 0 aliphatic rings. The summed E-state index contributed by atoms with van der Waals surface area (Å²) >= 11 is 1.41. The van der Waals surface area contributed by atoms with E-state index in [9.17, 15) is 4.79 Å². The second kappa shape index (κ2) is 5.71. The van der Waals surface area contributed by atoms with Crippen molar-refractivity contribution in [3.05, 3.63) is 57.5 Å². The van der Waals surface area contributed by atoms with E-state index in [1.165, 1.54) is 17.8 Å². The summed E-state index contributed by atoms with van der Waals surface area (Å²) in [5.74, 6) is 0.643. The fraction of sp³-hybridized carbons (Fsp3) is 0.154. The Morgan fingerprint density at radius 2 is 2.21 bits per heavy atom. The number of aromatic nitrogens is 2. The van der Waals surface area contributed by atoms with Crippen LogP contribution in [0.2, 0.25) is 0 Å². The molecular weight excluding hydrogens is 260 g/mol. The molecular formula is C13H14N4OS. The van der Waals surface area contributed by atoms with Gasteiger partial charge in [-0.2, -0.15) is 0 Å². The molecule has 19 heavy (non-hydrogen) atoms. The van der Waals surface area contributed by atoms with Crippen LogP contribution >= 0.6 is 11.8 Å². The van der Waals surface area contributed by atoms with Gasteiger partial charge in [-0.3, -0.25) is 10.2 Å². The zero-order valence-corrected chi connectivity index (χ0v) is 11.3. The van der Waals surface area contributed by atoms with Gasteiger partial charge in [-0.05, 0) is 12.5 Å². The van der Waals surface area contributed by atoms with Gasteiger partial charge < -0.3 is 10.7 Å². The fourth-order valence-corrected chi connectivity index (χ4v) is 2.60. The minimum Gasteiger partial charge on any atom is -0.384 e. The Hall–Kier alpha value is -2.08. The number of hydrogen-bond donors (Lipinski definition) is 3. The lowest BCUT2D eigenvalue weighted by atomic mass is 10.1. The summed E-state index contributed by atoms with van der Waals surface area (Å²) in [6.45, 7) is 1.78. The van der Waals surface area contributed by atoms with Crippen molar-refractivity contribution in [3.8, 4) is 0 Å². The highest BCUT2D eigenvalue weighted by Gasteiger charge is 2.06. The molecule has 0 saturated carbocycles. The molecule has 0 bridgehead atoms. The van der Waals surface area contributed by atoms with Crippen molar-refractivity contribution in [1.29, 1.82) is 5.41 Å². The number of aromatic amines is 1. The van der Waals surface area contributed by atoms with Crippen molar-refractivity contribution in [2.75, 3.05) is 0 Å². The summed E-state index contributed by atoms with van der Waals surface area (Å²) in [7, 11) is 0. The van der Waals surface area contributed by atoms with E-state index in [4.69, 9.17) is 11.1 Å². The molecule has 0 aliphatic heterocycles. The number of nitrogens with two attached hydrogens (primary N) is 1. The van der Waals surface area contributed by atoms with Gasteiger partial charge >= 0.3 is 0 Å². The summed E-state index contributed by atoms with van der Waals surface area (Å²) in [6.07, 6.45) is 0. The van der Waals surface area contributed by atoms with Crippen molar-refractivity contribution >= 4 is 17.6 Å². The maximum atomic E-state index is 11.3. The molecule has 0 spiro atoms. The van der Waals surface area contributed by atoms with Crippen LogP contribution in [-0.4, -0.2) is 15.8 Å². The van der Waals surface area contributed by atoms with Crippen LogP contribution in [-0.2, 0) is 5.75 Å². The molecule has 0 aliphatic carbocycles. The van der Waals surface area contributed by atoms with Crippen molar-refractivity contribution in [1.82, 2.24) is 9.97 Å². The minimum atomic E-state index is -0.158. The van der Waals surface area contributed by atoms with Crippen LogP contribution in [0.4, 0.5) is 0 Å². The quantitative estimate of drug-likeness (QED) is 0.342. The highest BCUT2D eigenvalue weighted by molar-refractivity contribution is 7.98. The Morgan fingerprint density at radius 3 is 2.89 bits per heavy atom. The van der Waals surface area contributed by atoms with E-state index in [1.54, 1.807) is 6.92 Å². The first kappa shape index (κ1) is 13.4. The van der Waals surface area contributed by atoms with E-state index < -0.39 is 0 Å². The van der Waals surface area contributed by atoms with Gasteiger partial charge in [-0.15, -0.1) is 0 Å². The van der Waals surface area contributed by atoms with E-state index in [0.717, 1.165) is 5.56 Å². The topological polar surface area (TPSA) is 95.6 Å². The zero-order valence-electron chi connectivity index (χ0n) is 10.4. The van der Waals surface area contributed by atoms with E-state index in [-0.39, 0.29) is 11.4 Å². The summed E-state index contributed by atoms with van der Waals surface area (Å²) in [6, 6.07) is 8.92. The monoisotopic (exact) mass is 274 g/mol. The zero-order chi connectivity index (χ0) is 13.8. The Labute approximate surface area is 114 Å². The van der Waals surface area contributed by atoms with E-state index in [1.807, 2.05) is 24.3 Å². The van der Waals surface area contributed by atoms with Gasteiger partial charge in [0.05, 0.1) is 0 Å². The first-order valence-electron chi connectivity index (χ1n) is 5.69. The standard InChI is InChI=1S/C13H14N4OS/c1-8-6-11(18)17-13(16-8)19-7-9-4-2-3-5-10(9)12(14)15/h2-6H,7H2,1H3,(H3,14,15)(H,16,17,18). The molecule has 0 atom stereocenters.